The number of carbonyl (C=O) groups is 1. The standard InChI is InChI=1S/C19H21N5O2/c1-11-17-14(8-15(13-5-6-13)22-18(17)24(2)23-11)19(25)21-10-12-4-7-16(26-3)20-9-12/h4,7-9,13H,5-6,10H2,1-3H3,(H,21,25). The van der Waals surface area contributed by atoms with E-state index in [0.29, 0.717) is 23.9 Å². The number of fused-ring (bicyclic) bond motifs is 1. The molecule has 1 aliphatic rings. The van der Waals surface area contributed by atoms with E-state index < -0.39 is 0 Å². The average molecular weight is 351 g/mol. The summed E-state index contributed by atoms with van der Waals surface area (Å²) in [6, 6.07) is 5.60. The van der Waals surface area contributed by atoms with Crippen molar-refractivity contribution < 1.29 is 9.53 Å². The first-order chi connectivity index (χ1) is 12.6. The molecule has 7 heteroatoms. The molecule has 26 heavy (non-hydrogen) atoms. The SMILES string of the molecule is COc1ccc(CNC(=O)c2cc(C3CC3)nc3c2c(C)nn3C)cn1. The van der Waals surface area contributed by atoms with E-state index in [-0.39, 0.29) is 5.91 Å². The van der Waals surface area contributed by atoms with E-state index >= 15 is 0 Å². The van der Waals surface area contributed by atoms with Crippen molar-refractivity contribution in [2.45, 2.75) is 32.2 Å². The van der Waals surface area contributed by atoms with Gasteiger partial charge in [-0.25, -0.2) is 9.97 Å². The van der Waals surface area contributed by atoms with Crippen molar-refractivity contribution >= 4 is 16.9 Å². The highest BCUT2D eigenvalue weighted by molar-refractivity contribution is 6.06. The number of aryl methyl sites for hydroxylation is 2. The summed E-state index contributed by atoms with van der Waals surface area (Å²) in [5.74, 6) is 0.897. The van der Waals surface area contributed by atoms with Gasteiger partial charge in [-0.15, -0.1) is 0 Å². The predicted octanol–water partition coefficient (Wildman–Crippen LogP) is 2.49. The normalized spacial score (nSPS) is 13.8. The van der Waals surface area contributed by atoms with E-state index in [1.54, 1.807) is 24.1 Å². The van der Waals surface area contributed by atoms with Crippen molar-refractivity contribution in [1.82, 2.24) is 25.1 Å². The Morgan fingerprint density at radius 2 is 2.19 bits per heavy atom. The van der Waals surface area contributed by atoms with Crippen LogP contribution in [0.3, 0.4) is 0 Å². The van der Waals surface area contributed by atoms with Crippen LogP contribution in [0.2, 0.25) is 0 Å². The highest BCUT2D eigenvalue weighted by Gasteiger charge is 2.28. The summed E-state index contributed by atoms with van der Waals surface area (Å²) < 4.78 is 6.81. The van der Waals surface area contributed by atoms with E-state index in [1.807, 2.05) is 26.1 Å². The molecule has 3 aromatic heterocycles. The van der Waals surface area contributed by atoms with E-state index in [9.17, 15) is 4.79 Å². The van der Waals surface area contributed by atoms with Crippen LogP contribution in [0.5, 0.6) is 5.88 Å². The Kier molecular flexibility index (Phi) is 4.06. The highest BCUT2D eigenvalue weighted by atomic mass is 16.5. The third kappa shape index (κ3) is 3.00. The summed E-state index contributed by atoms with van der Waals surface area (Å²) in [5.41, 5.74) is 4.12. The topological polar surface area (TPSA) is 81.9 Å². The lowest BCUT2D eigenvalue weighted by molar-refractivity contribution is 0.0952. The second kappa shape index (κ2) is 6.40. The Hall–Kier alpha value is -2.96. The zero-order valence-corrected chi connectivity index (χ0v) is 15.1. The first-order valence-electron chi connectivity index (χ1n) is 8.68. The molecule has 0 spiro atoms. The minimum atomic E-state index is -0.119. The highest BCUT2D eigenvalue weighted by Crippen LogP contribution is 2.40. The summed E-state index contributed by atoms with van der Waals surface area (Å²) in [6.45, 7) is 2.31. The third-order valence-corrected chi connectivity index (χ3v) is 4.69. The fourth-order valence-electron chi connectivity index (χ4n) is 3.15. The number of hydrogen-bond donors (Lipinski definition) is 1. The molecular formula is C19H21N5O2. The lowest BCUT2D eigenvalue weighted by Gasteiger charge is -2.09. The molecule has 0 radical (unpaired) electrons. The Balaban J connectivity index is 1.62. The minimum Gasteiger partial charge on any atom is -0.481 e. The van der Waals surface area contributed by atoms with Gasteiger partial charge < -0.3 is 10.1 Å². The molecule has 7 nitrogen and oxygen atoms in total. The van der Waals surface area contributed by atoms with Crippen LogP contribution in [0.25, 0.3) is 11.0 Å². The van der Waals surface area contributed by atoms with Crippen LogP contribution in [0.1, 0.15) is 46.1 Å². The Bertz CT molecular complexity index is 974. The monoisotopic (exact) mass is 351 g/mol. The van der Waals surface area contributed by atoms with Gasteiger partial charge in [0.05, 0.1) is 23.8 Å². The van der Waals surface area contributed by atoms with Crippen molar-refractivity contribution in [2.24, 2.45) is 7.05 Å². The molecule has 3 heterocycles. The molecule has 134 valence electrons. The van der Waals surface area contributed by atoms with E-state index in [1.165, 1.54) is 0 Å². The molecule has 0 bridgehead atoms. The lowest BCUT2D eigenvalue weighted by Crippen LogP contribution is -2.23. The Morgan fingerprint density at radius 3 is 2.85 bits per heavy atom. The van der Waals surface area contributed by atoms with Gasteiger partial charge in [-0.3, -0.25) is 9.48 Å². The smallest absolute Gasteiger partial charge is 0.252 e. The van der Waals surface area contributed by atoms with Gasteiger partial charge in [0.25, 0.3) is 5.91 Å². The number of nitrogens with zero attached hydrogens (tertiary/aromatic N) is 4. The number of nitrogens with one attached hydrogen (secondary N) is 1. The summed E-state index contributed by atoms with van der Waals surface area (Å²) >= 11 is 0. The first-order valence-corrected chi connectivity index (χ1v) is 8.68. The maximum absolute atomic E-state index is 12.9. The molecule has 0 unspecified atom stereocenters. The number of hydrogen-bond acceptors (Lipinski definition) is 5. The van der Waals surface area contributed by atoms with Crippen LogP contribution >= 0.6 is 0 Å². The maximum atomic E-state index is 12.9. The van der Waals surface area contributed by atoms with Crippen LogP contribution < -0.4 is 10.1 Å². The fraction of sp³-hybridized carbons (Fsp3) is 0.368. The quantitative estimate of drug-likeness (QED) is 0.764. The van der Waals surface area contributed by atoms with Crippen LogP contribution in [-0.4, -0.2) is 32.8 Å². The minimum absolute atomic E-state index is 0.119. The van der Waals surface area contributed by atoms with Gasteiger partial charge in [0.15, 0.2) is 5.65 Å². The van der Waals surface area contributed by atoms with E-state index in [4.69, 9.17) is 9.72 Å². The second-order valence-electron chi connectivity index (χ2n) is 6.67. The van der Waals surface area contributed by atoms with Crippen LogP contribution in [-0.2, 0) is 13.6 Å². The lowest BCUT2D eigenvalue weighted by atomic mass is 10.1. The molecule has 4 rings (SSSR count). The molecule has 1 amide bonds. The van der Waals surface area contributed by atoms with Gasteiger partial charge in [0.2, 0.25) is 5.88 Å². The molecule has 0 aliphatic heterocycles. The number of rotatable bonds is 5. The van der Waals surface area contributed by atoms with Crippen molar-refractivity contribution in [3.63, 3.8) is 0 Å². The number of amides is 1. The molecule has 1 aliphatic carbocycles. The van der Waals surface area contributed by atoms with Crippen LogP contribution in [0, 0.1) is 6.92 Å². The number of pyridine rings is 2. The zero-order chi connectivity index (χ0) is 18.3. The Labute approximate surface area is 151 Å². The zero-order valence-electron chi connectivity index (χ0n) is 15.1. The fourth-order valence-corrected chi connectivity index (χ4v) is 3.15. The van der Waals surface area contributed by atoms with Gasteiger partial charge in [-0.05, 0) is 31.4 Å². The van der Waals surface area contributed by atoms with Crippen molar-refractivity contribution in [3.8, 4) is 5.88 Å². The predicted molar refractivity (Wildman–Crippen MR) is 97.2 cm³/mol. The van der Waals surface area contributed by atoms with Crippen molar-refractivity contribution in [2.75, 3.05) is 7.11 Å². The molecule has 3 aromatic rings. The molecule has 1 N–H and O–H groups in total. The number of carbonyl (C=O) groups excluding carboxylic acids is 1. The van der Waals surface area contributed by atoms with Crippen molar-refractivity contribution in [3.05, 3.63) is 46.9 Å². The van der Waals surface area contributed by atoms with E-state index in [0.717, 1.165) is 40.8 Å². The molecule has 1 fully saturated rings. The van der Waals surface area contributed by atoms with Gasteiger partial charge >= 0.3 is 0 Å². The molecular weight excluding hydrogens is 330 g/mol. The largest absolute Gasteiger partial charge is 0.481 e. The maximum Gasteiger partial charge on any atom is 0.252 e. The molecule has 0 aromatic carbocycles. The second-order valence-corrected chi connectivity index (χ2v) is 6.67. The molecule has 0 saturated heterocycles. The third-order valence-electron chi connectivity index (χ3n) is 4.69. The van der Waals surface area contributed by atoms with Crippen LogP contribution in [0.4, 0.5) is 0 Å². The summed E-state index contributed by atoms with van der Waals surface area (Å²) in [5, 5.41) is 8.25. The van der Waals surface area contributed by atoms with Gasteiger partial charge in [0.1, 0.15) is 0 Å². The van der Waals surface area contributed by atoms with Crippen LogP contribution in [0.15, 0.2) is 24.4 Å². The van der Waals surface area contributed by atoms with E-state index in [2.05, 4.69) is 15.4 Å². The number of ether oxygens (including phenoxy) is 1. The summed E-state index contributed by atoms with van der Waals surface area (Å²) in [4.78, 5) is 21.8. The average Bonchev–Trinajstić information content (AvgIpc) is 3.46. The Morgan fingerprint density at radius 1 is 1.38 bits per heavy atom. The summed E-state index contributed by atoms with van der Waals surface area (Å²) in [7, 11) is 3.44. The molecule has 0 atom stereocenters. The van der Waals surface area contributed by atoms with Gasteiger partial charge in [0, 0.05) is 37.5 Å². The summed E-state index contributed by atoms with van der Waals surface area (Å²) in [6.07, 6.45) is 3.97. The van der Waals surface area contributed by atoms with Gasteiger partial charge in [-0.1, -0.05) is 6.07 Å². The number of methoxy groups -OCH3 is 1. The first kappa shape index (κ1) is 16.5. The molecule has 1 saturated carbocycles. The van der Waals surface area contributed by atoms with Crippen molar-refractivity contribution in [1.29, 1.82) is 0 Å². The number of aromatic nitrogens is 4. The van der Waals surface area contributed by atoms with Gasteiger partial charge in [-0.2, -0.15) is 5.10 Å².